The lowest BCUT2D eigenvalue weighted by molar-refractivity contribution is -0.122. The summed E-state index contributed by atoms with van der Waals surface area (Å²) in [6, 6.07) is 7.86. The van der Waals surface area contributed by atoms with E-state index in [0.29, 0.717) is 23.4 Å². The van der Waals surface area contributed by atoms with Crippen LogP contribution in [-0.2, 0) is 11.3 Å². The van der Waals surface area contributed by atoms with Crippen LogP contribution in [0.5, 0.6) is 0 Å². The second-order valence-electron chi connectivity index (χ2n) is 7.36. The van der Waals surface area contributed by atoms with E-state index in [0.717, 1.165) is 0 Å². The van der Waals surface area contributed by atoms with Gasteiger partial charge >= 0.3 is 0 Å². The van der Waals surface area contributed by atoms with Gasteiger partial charge in [0.25, 0.3) is 5.91 Å². The molecule has 34 heavy (non-hydrogen) atoms. The van der Waals surface area contributed by atoms with Crippen molar-refractivity contribution in [3.63, 3.8) is 0 Å². The maximum atomic E-state index is 14.4. The number of alkyl halides is 1. The summed E-state index contributed by atoms with van der Waals surface area (Å²) in [4.78, 5) is 20.3. The van der Waals surface area contributed by atoms with Gasteiger partial charge in [0.1, 0.15) is 29.2 Å². The lowest BCUT2D eigenvalue weighted by Gasteiger charge is -2.19. The first-order chi connectivity index (χ1) is 16.2. The summed E-state index contributed by atoms with van der Waals surface area (Å²) in [6.45, 7) is 1.89. The van der Waals surface area contributed by atoms with E-state index in [4.69, 9.17) is 15.7 Å². The molecule has 2 heterocycles. The minimum Gasteiger partial charge on any atom is -0.382 e. The first kappa shape index (κ1) is 24.9. The minimum absolute atomic E-state index is 0.0164. The van der Waals surface area contributed by atoms with Crippen LogP contribution in [-0.4, -0.2) is 32.2 Å². The van der Waals surface area contributed by atoms with Crippen LogP contribution >= 0.6 is 9.24 Å². The Morgan fingerprint density at radius 1 is 1.35 bits per heavy atom. The monoisotopic (exact) mass is 487 g/mol. The summed E-state index contributed by atoms with van der Waals surface area (Å²) in [5.74, 6) is -1.44. The Morgan fingerprint density at radius 2 is 2.12 bits per heavy atom. The normalized spacial score (nSPS) is 13.2. The molecule has 2 atom stereocenters. The summed E-state index contributed by atoms with van der Waals surface area (Å²) in [6.07, 6.45) is 4.44. The number of nitrogens with two attached hydrogens (primary N) is 1. The fourth-order valence-electron chi connectivity index (χ4n) is 2.93. The third kappa shape index (κ3) is 6.20. The highest BCUT2D eigenvalue weighted by atomic mass is 31.0. The fraction of sp³-hybridized carbons (Fsp3) is 0.227. The molecule has 2 unspecified atom stereocenters. The minimum atomic E-state index is -2.15. The Labute approximate surface area is 196 Å². The zero-order chi connectivity index (χ0) is 24.7. The molecular formula is C22H24F2N7O2P. The summed E-state index contributed by atoms with van der Waals surface area (Å²) >= 11 is 0. The van der Waals surface area contributed by atoms with Gasteiger partial charge in [-0.25, -0.2) is 18.7 Å². The second-order valence-corrected chi connectivity index (χ2v) is 8.28. The van der Waals surface area contributed by atoms with Gasteiger partial charge in [0.2, 0.25) is 5.41 Å². The number of nitrogens with zero attached hydrogens (tertiary/aromatic N) is 3. The molecule has 0 aliphatic heterocycles. The van der Waals surface area contributed by atoms with Crippen molar-refractivity contribution in [3.05, 3.63) is 71.8 Å². The Balaban J connectivity index is 1.79. The lowest BCUT2D eigenvalue weighted by Crippen LogP contribution is -2.33. The summed E-state index contributed by atoms with van der Waals surface area (Å²) in [5.41, 5.74) is 6.97. The number of halogens is 2. The molecule has 0 spiro atoms. The molecule has 5 N–H and O–H groups in total. The van der Waals surface area contributed by atoms with Crippen molar-refractivity contribution in [3.8, 4) is 0 Å². The van der Waals surface area contributed by atoms with Gasteiger partial charge in [0.15, 0.2) is 11.6 Å². The van der Waals surface area contributed by atoms with Gasteiger partial charge in [-0.15, -0.1) is 0 Å². The molecule has 2 aromatic heterocycles. The van der Waals surface area contributed by atoms with Crippen molar-refractivity contribution in [1.82, 2.24) is 20.4 Å². The van der Waals surface area contributed by atoms with Crippen molar-refractivity contribution in [1.29, 1.82) is 5.41 Å². The van der Waals surface area contributed by atoms with Gasteiger partial charge in [0, 0.05) is 18.2 Å². The Bertz CT molecular complexity index is 1200. The zero-order valence-electron chi connectivity index (χ0n) is 18.3. The molecule has 178 valence electrons. The van der Waals surface area contributed by atoms with Gasteiger partial charge in [-0.1, -0.05) is 45.9 Å². The SMILES string of the molecule is CCCC(F)(P)C(=O)Nc1cnc(C(=N)/C=C(\NCc2ccccc2F)c2ccon2)nc1N. The Hall–Kier alpha value is -3.72. The molecule has 3 rings (SSSR count). The number of nitrogens with one attached hydrogen (secondary N) is 3. The van der Waals surface area contributed by atoms with E-state index >= 15 is 0 Å². The van der Waals surface area contributed by atoms with Crippen molar-refractivity contribution in [2.45, 2.75) is 31.7 Å². The van der Waals surface area contributed by atoms with Gasteiger partial charge < -0.3 is 20.9 Å². The number of anilines is 2. The number of nitrogen functional groups attached to an aromatic ring is 1. The molecule has 0 saturated carbocycles. The predicted molar refractivity (Wildman–Crippen MR) is 128 cm³/mol. The van der Waals surface area contributed by atoms with E-state index in [1.807, 2.05) is 9.24 Å². The van der Waals surface area contributed by atoms with E-state index in [1.54, 1.807) is 31.2 Å². The van der Waals surface area contributed by atoms with Crippen molar-refractivity contribution in [2.24, 2.45) is 0 Å². The van der Waals surface area contributed by atoms with Crippen LogP contribution in [0.15, 0.2) is 53.4 Å². The Morgan fingerprint density at radius 3 is 2.76 bits per heavy atom. The average molecular weight is 487 g/mol. The largest absolute Gasteiger partial charge is 0.382 e. The molecule has 0 saturated heterocycles. The predicted octanol–water partition coefficient (Wildman–Crippen LogP) is 3.66. The summed E-state index contributed by atoms with van der Waals surface area (Å²) in [7, 11) is 1.89. The van der Waals surface area contributed by atoms with Gasteiger partial charge in [-0.3, -0.25) is 10.2 Å². The van der Waals surface area contributed by atoms with Crippen LogP contribution in [0.25, 0.3) is 5.70 Å². The topological polar surface area (TPSA) is 143 Å². The van der Waals surface area contributed by atoms with Crippen LogP contribution in [0.1, 0.15) is 36.8 Å². The van der Waals surface area contributed by atoms with Crippen LogP contribution in [0.2, 0.25) is 0 Å². The molecule has 3 aromatic rings. The van der Waals surface area contributed by atoms with Gasteiger partial charge in [-0.2, -0.15) is 0 Å². The quantitative estimate of drug-likeness (QED) is 0.252. The van der Waals surface area contributed by atoms with E-state index in [2.05, 4.69) is 25.8 Å². The Kier molecular flexibility index (Phi) is 8.01. The van der Waals surface area contributed by atoms with Gasteiger partial charge in [0.05, 0.1) is 11.9 Å². The highest BCUT2D eigenvalue weighted by Crippen LogP contribution is 2.29. The van der Waals surface area contributed by atoms with Crippen LogP contribution < -0.4 is 16.4 Å². The van der Waals surface area contributed by atoms with E-state index in [1.165, 1.54) is 24.6 Å². The first-order valence-electron chi connectivity index (χ1n) is 10.3. The summed E-state index contributed by atoms with van der Waals surface area (Å²) < 4.78 is 33.2. The van der Waals surface area contributed by atoms with Crippen molar-refractivity contribution >= 4 is 38.1 Å². The highest BCUT2D eigenvalue weighted by Gasteiger charge is 2.32. The smallest absolute Gasteiger partial charge is 0.265 e. The third-order valence-electron chi connectivity index (χ3n) is 4.73. The highest BCUT2D eigenvalue weighted by molar-refractivity contribution is 7.20. The van der Waals surface area contributed by atoms with Crippen LogP contribution in [0.4, 0.5) is 20.3 Å². The van der Waals surface area contributed by atoms with E-state index in [-0.39, 0.29) is 41.8 Å². The lowest BCUT2D eigenvalue weighted by atomic mass is 10.2. The zero-order valence-corrected chi connectivity index (χ0v) is 19.5. The molecule has 9 nitrogen and oxygen atoms in total. The van der Waals surface area contributed by atoms with Crippen LogP contribution in [0.3, 0.4) is 0 Å². The standard InChI is InChI=1S/C22H24F2N7O2P/c1-2-8-22(24,34)21(32)29-18-12-28-20(30-19(18)26)15(25)10-17(16-7-9-33-31-16)27-11-13-5-3-4-6-14(13)23/h3-7,9-10,12,25,27H,2,8,11,34H2,1H3,(H,29,32)(H2,26,28,30)/b17-10-,25-15?. The second kappa shape index (κ2) is 10.9. The number of carbonyl (C=O) groups is 1. The molecule has 0 aliphatic rings. The molecule has 0 fully saturated rings. The fourth-order valence-corrected chi connectivity index (χ4v) is 3.29. The summed E-state index contributed by atoms with van der Waals surface area (Å²) in [5, 5.41) is 15.5. The molecule has 1 aromatic carbocycles. The van der Waals surface area contributed by atoms with E-state index < -0.39 is 11.3 Å². The number of carbonyl (C=O) groups excluding carboxylic acids is 1. The molecule has 12 heteroatoms. The molecule has 0 bridgehead atoms. The van der Waals surface area contributed by atoms with Crippen molar-refractivity contribution in [2.75, 3.05) is 11.1 Å². The number of aromatic nitrogens is 3. The van der Waals surface area contributed by atoms with Gasteiger partial charge in [-0.05, 0) is 18.6 Å². The van der Waals surface area contributed by atoms with E-state index in [9.17, 15) is 13.6 Å². The third-order valence-corrected chi connectivity index (χ3v) is 5.28. The number of rotatable bonds is 10. The molecular weight excluding hydrogens is 463 g/mol. The number of hydrogen-bond donors (Lipinski definition) is 4. The molecule has 1 amide bonds. The first-order valence-corrected chi connectivity index (χ1v) is 10.9. The molecule has 0 aliphatic carbocycles. The number of hydrogen-bond acceptors (Lipinski definition) is 8. The number of amides is 1. The van der Waals surface area contributed by atoms with Crippen molar-refractivity contribution < 1.29 is 18.1 Å². The average Bonchev–Trinajstić information content (AvgIpc) is 3.33. The number of benzene rings is 1. The molecule has 0 radical (unpaired) electrons. The maximum Gasteiger partial charge on any atom is 0.265 e. The maximum absolute atomic E-state index is 14.4. The number of allylic oxidation sites excluding steroid dienone is 1. The van der Waals surface area contributed by atoms with Crippen LogP contribution in [0, 0.1) is 11.2 Å².